The second kappa shape index (κ2) is 4.04. The SMILES string of the molecule is Cc1cc2[n+](c3ccccc13)[C@@H](CBr)CS2. The van der Waals surface area contributed by atoms with Gasteiger partial charge in [-0.15, -0.1) is 0 Å². The Morgan fingerprint density at radius 2 is 2.25 bits per heavy atom. The van der Waals surface area contributed by atoms with E-state index in [1.165, 1.54) is 27.2 Å². The van der Waals surface area contributed by atoms with Crippen molar-refractivity contribution in [3.63, 3.8) is 0 Å². The molecule has 0 saturated carbocycles. The van der Waals surface area contributed by atoms with Gasteiger partial charge in [0.05, 0.1) is 11.1 Å². The lowest BCUT2D eigenvalue weighted by atomic mass is 10.1. The van der Waals surface area contributed by atoms with Crippen LogP contribution in [0.2, 0.25) is 0 Å². The number of benzene rings is 1. The Labute approximate surface area is 108 Å². The summed E-state index contributed by atoms with van der Waals surface area (Å²) in [4.78, 5) is 0. The van der Waals surface area contributed by atoms with Gasteiger partial charge in [-0.2, -0.15) is 4.57 Å². The first-order valence-electron chi connectivity index (χ1n) is 5.44. The summed E-state index contributed by atoms with van der Waals surface area (Å²) in [5, 5.41) is 3.81. The molecule has 1 aliphatic heterocycles. The number of halogens is 1. The van der Waals surface area contributed by atoms with Crippen molar-refractivity contribution < 1.29 is 4.57 Å². The van der Waals surface area contributed by atoms with Gasteiger partial charge >= 0.3 is 0 Å². The first kappa shape index (κ1) is 10.6. The van der Waals surface area contributed by atoms with Crippen LogP contribution in [0.3, 0.4) is 0 Å². The molecule has 0 radical (unpaired) electrons. The zero-order chi connectivity index (χ0) is 11.1. The van der Waals surface area contributed by atoms with Gasteiger partial charge in [0, 0.05) is 17.5 Å². The Balaban J connectivity index is 2.37. The van der Waals surface area contributed by atoms with Crippen LogP contribution in [0, 0.1) is 6.92 Å². The van der Waals surface area contributed by atoms with Crippen LogP contribution in [0.5, 0.6) is 0 Å². The average Bonchev–Trinajstić information content (AvgIpc) is 2.72. The number of hydrogen-bond donors (Lipinski definition) is 0. The van der Waals surface area contributed by atoms with Crippen LogP contribution in [-0.4, -0.2) is 11.1 Å². The second-order valence-corrected chi connectivity index (χ2v) is 5.86. The van der Waals surface area contributed by atoms with Gasteiger partial charge in [0.2, 0.25) is 10.5 Å². The van der Waals surface area contributed by atoms with E-state index >= 15 is 0 Å². The van der Waals surface area contributed by atoms with Crippen LogP contribution >= 0.6 is 27.7 Å². The molecule has 0 unspecified atom stereocenters. The van der Waals surface area contributed by atoms with Crippen LogP contribution in [0.25, 0.3) is 10.9 Å². The van der Waals surface area contributed by atoms with Crippen LogP contribution in [0.15, 0.2) is 35.4 Å². The number of alkyl halides is 1. The number of hydrogen-bond acceptors (Lipinski definition) is 1. The van der Waals surface area contributed by atoms with Crippen molar-refractivity contribution in [2.45, 2.75) is 18.0 Å². The van der Waals surface area contributed by atoms with Crippen molar-refractivity contribution in [3.05, 3.63) is 35.9 Å². The number of nitrogens with zero attached hydrogens (tertiary/aromatic N) is 1. The standard InChI is InChI=1S/C13H13BrNS/c1-9-6-13-15(10(7-14)8-16-13)12-5-3-2-4-11(9)12/h2-6,10H,7-8H2,1H3/q+1/t10-/m0/s1. The summed E-state index contributed by atoms with van der Waals surface area (Å²) in [5.41, 5.74) is 2.75. The highest BCUT2D eigenvalue weighted by atomic mass is 79.9. The molecule has 1 aromatic heterocycles. The van der Waals surface area contributed by atoms with E-state index in [1.807, 2.05) is 11.8 Å². The lowest BCUT2D eigenvalue weighted by molar-refractivity contribution is -0.718. The van der Waals surface area contributed by atoms with E-state index < -0.39 is 0 Å². The minimum absolute atomic E-state index is 0.588. The van der Waals surface area contributed by atoms with E-state index in [4.69, 9.17) is 0 Å². The summed E-state index contributed by atoms with van der Waals surface area (Å²) in [6, 6.07) is 11.6. The Morgan fingerprint density at radius 3 is 3.06 bits per heavy atom. The third-order valence-electron chi connectivity index (χ3n) is 3.13. The van der Waals surface area contributed by atoms with Gasteiger partial charge in [-0.05, 0) is 18.6 Å². The van der Waals surface area contributed by atoms with Crippen molar-refractivity contribution >= 4 is 38.6 Å². The van der Waals surface area contributed by atoms with E-state index in [-0.39, 0.29) is 0 Å². The number of para-hydroxylation sites is 1. The maximum Gasteiger partial charge on any atom is 0.241 e. The quantitative estimate of drug-likeness (QED) is 0.575. The number of aryl methyl sites for hydroxylation is 1. The molecule has 0 bridgehead atoms. The molecule has 0 amide bonds. The summed E-state index contributed by atoms with van der Waals surface area (Å²) in [7, 11) is 0. The summed E-state index contributed by atoms with van der Waals surface area (Å²) >= 11 is 5.58. The second-order valence-electron chi connectivity index (χ2n) is 4.17. The van der Waals surface area contributed by atoms with Gasteiger partial charge < -0.3 is 0 Å². The molecule has 2 aromatic rings. The highest BCUT2D eigenvalue weighted by Gasteiger charge is 2.32. The summed E-state index contributed by atoms with van der Waals surface area (Å²) in [5.74, 6) is 1.18. The molecule has 0 saturated heterocycles. The van der Waals surface area contributed by atoms with E-state index in [0.717, 1.165) is 5.33 Å². The predicted octanol–water partition coefficient (Wildman–Crippen LogP) is 3.48. The minimum atomic E-state index is 0.588. The third kappa shape index (κ3) is 1.49. The first-order valence-corrected chi connectivity index (χ1v) is 7.54. The van der Waals surface area contributed by atoms with Crippen molar-refractivity contribution in [2.24, 2.45) is 0 Å². The molecule has 0 aliphatic carbocycles. The molecule has 0 N–H and O–H groups in total. The highest BCUT2D eigenvalue weighted by Crippen LogP contribution is 2.31. The van der Waals surface area contributed by atoms with Gasteiger partial charge in [0.15, 0.2) is 6.04 Å². The largest absolute Gasteiger partial charge is 0.241 e. The molecule has 0 spiro atoms. The smallest absolute Gasteiger partial charge is 0.182 e. The number of thioether (sulfide) groups is 1. The zero-order valence-electron chi connectivity index (χ0n) is 9.11. The average molecular weight is 295 g/mol. The monoisotopic (exact) mass is 294 g/mol. The first-order chi connectivity index (χ1) is 7.81. The van der Waals surface area contributed by atoms with Gasteiger partial charge in [0.1, 0.15) is 0 Å². The van der Waals surface area contributed by atoms with Gasteiger partial charge in [-0.3, -0.25) is 0 Å². The van der Waals surface area contributed by atoms with E-state index in [2.05, 4.69) is 57.8 Å². The molecule has 3 heteroatoms. The van der Waals surface area contributed by atoms with Crippen molar-refractivity contribution in [3.8, 4) is 0 Å². The molecule has 82 valence electrons. The van der Waals surface area contributed by atoms with Gasteiger partial charge in [-0.25, -0.2) is 0 Å². The van der Waals surface area contributed by atoms with E-state index in [9.17, 15) is 0 Å². The number of fused-ring (bicyclic) bond motifs is 3. The summed E-state index contributed by atoms with van der Waals surface area (Å²) in [6.45, 7) is 2.20. The fourth-order valence-electron chi connectivity index (χ4n) is 2.33. The predicted molar refractivity (Wildman–Crippen MR) is 72.4 cm³/mol. The number of rotatable bonds is 1. The molecule has 1 aliphatic rings. The van der Waals surface area contributed by atoms with Crippen molar-refractivity contribution in [1.82, 2.24) is 0 Å². The number of pyridine rings is 1. The Bertz CT molecular complexity index is 553. The third-order valence-corrected chi connectivity index (χ3v) is 5.04. The molecule has 1 nitrogen and oxygen atoms in total. The van der Waals surface area contributed by atoms with Crippen LogP contribution in [-0.2, 0) is 0 Å². The van der Waals surface area contributed by atoms with Crippen LogP contribution < -0.4 is 4.57 Å². The molecule has 2 heterocycles. The summed E-state index contributed by atoms with van der Waals surface area (Å²) in [6.07, 6.45) is 0. The summed E-state index contributed by atoms with van der Waals surface area (Å²) < 4.78 is 2.47. The molecule has 0 fully saturated rings. The van der Waals surface area contributed by atoms with Gasteiger partial charge in [-0.1, -0.05) is 39.8 Å². The van der Waals surface area contributed by atoms with Crippen LogP contribution in [0.4, 0.5) is 0 Å². The van der Waals surface area contributed by atoms with Gasteiger partial charge in [0.25, 0.3) is 0 Å². The van der Waals surface area contributed by atoms with Crippen molar-refractivity contribution in [2.75, 3.05) is 11.1 Å². The Morgan fingerprint density at radius 1 is 1.44 bits per heavy atom. The fraction of sp³-hybridized carbons (Fsp3) is 0.308. The van der Waals surface area contributed by atoms with Crippen molar-refractivity contribution in [1.29, 1.82) is 0 Å². The van der Waals surface area contributed by atoms with Crippen LogP contribution in [0.1, 0.15) is 11.6 Å². The highest BCUT2D eigenvalue weighted by molar-refractivity contribution is 9.09. The molecule has 1 aromatic carbocycles. The Hall–Kier alpha value is -0.540. The number of aromatic nitrogens is 1. The maximum absolute atomic E-state index is 3.62. The molecular weight excluding hydrogens is 282 g/mol. The molecule has 3 rings (SSSR count). The normalized spacial score (nSPS) is 19.0. The molecule has 1 atom stereocenters. The van der Waals surface area contributed by atoms with E-state index in [0.29, 0.717) is 6.04 Å². The Kier molecular flexibility index (Phi) is 2.68. The maximum atomic E-state index is 3.62. The topological polar surface area (TPSA) is 3.88 Å². The zero-order valence-corrected chi connectivity index (χ0v) is 11.5. The fourth-order valence-corrected chi connectivity index (χ4v) is 4.42. The minimum Gasteiger partial charge on any atom is -0.182 e. The lowest BCUT2D eigenvalue weighted by Crippen LogP contribution is -2.40. The molecular formula is C13H13BrNS+. The lowest BCUT2D eigenvalue weighted by Gasteiger charge is -2.06. The van der Waals surface area contributed by atoms with E-state index in [1.54, 1.807) is 0 Å². The molecule has 16 heavy (non-hydrogen) atoms.